The highest BCUT2D eigenvalue weighted by Gasteiger charge is 2.02. The number of benzene rings is 1. The average Bonchev–Trinajstić information content (AvgIpc) is 2.98. The molecule has 96 valence electrons. The van der Waals surface area contributed by atoms with E-state index in [1.807, 2.05) is 35.7 Å². The molecule has 0 aliphatic heterocycles. The van der Waals surface area contributed by atoms with Crippen LogP contribution in [0.5, 0.6) is 0 Å². The molecule has 0 N–H and O–H groups in total. The number of rotatable bonds is 4. The quantitative estimate of drug-likeness (QED) is 0.372. The fourth-order valence-corrected chi connectivity index (χ4v) is 1.89. The molecule has 1 aromatic carbocycles. The van der Waals surface area contributed by atoms with Crippen LogP contribution in [-0.2, 0) is 9.63 Å². The first-order valence-corrected chi connectivity index (χ1v) is 6.52. The molecule has 1 aromatic heterocycles. The molecule has 0 saturated heterocycles. The van der Waals surface area contributed by atoms with Crippen LogP contribution < -0.4 is 0 Å². The molecule has 2 aromatic rings. The zero-order valence-electron chi connectivity index (χ0n) is 10.3. The van der Waals surface area contributed by atoms with Crippen molar-refractivity contribution in [3.63, 3.8) is 0 Å². The van der Waals surface area contributed by atoms with E-state index in [1.165, 1.54) is 17.4 Å². The van der Waals surface area contributed by atoms with E-state index in [1.54, 1.807) is 19.2 Å². The second-order valence-corrected chi connectivity index (χ2v) is 4.56. The Morgan fingerprint density at radius 2 is 2.16 bits per heavy atom. The summed E-state index contributed by atoms with van der Waals surface area (Å²) in [5.41, 5.74) is 1.51. The summed E-state index contributed by atoms with van der Waals surface area (Å²) in [7, 11) is 0. The van der Waals surface area contributed by atoms with Gasteiger partial charge in [0.05, 0.1) is 0 Å². The highest BCUT2D eigenvalue weighted by molar-refractivity contribution is 7.11. The molecule has 0 unspecified atom stereocenters. The minimum absolute atomic E-state index is 0.514. The standard InChI is InChI=1S/C14H12N2O2S/c1-11(14-15-9-10-19-14)16-18-13(17)8-7-12-5-3-2-4-6-12/h2-10H,1H3/b8-7+,16-11+. The van der Waals surface area contributed by atoms with Gasteiger partial charge in [0.25, 0.3) is 0 Å². The van der Waals surface area contributed by atoms with Crippen molar-refractivity contribution in [1.29, 1.82) is 0 Å². The summed E-state index contributed by atoms with van der Waals surface area (Å²) in [6.07, 6.45) is 4.70. The van der Waals surface area contributed by atoms with Crippen LogP contribution in [0.25, 0.3) is 6.08 Å². The van der Waals surface area contributed by atoms with Crippen LogP contribution in [0.15, 0.2) is 53.1 Å². The molecule has 0 atom stereocenters. The number of thiazole rings is 1. The summed E-state index contributed by atoms with van der Waals surface area (Å²) in [5.74, 6) is -0.514. The normalized spacial score (nSPS) is 11.7. The zero-order valence-corrected chi connectivity index (χ0v) is 11.1. The number of nitrogens with zero attached hydrogens (tertiary/aromatic N) is 2. The summed E-state index contributed by atoms with van der Waals surface area (Å²) in [4.78, 5) is 20.3. The van der Waals surface area contributed by atoms with Gasteiger partial charge in [0, 0.05) is 17.7 Å². The minimum Gasteiger partial charge on any atom is -0.313 e. The summed E-state index contributed by atoms with van der Waals surface area (Å²) in [6, 6.07) is 9.50. The Hall–Kier alpha value is -2.27. The van der Waals surface area contributed by atoms with Crippen LogP contribution in [0, 0.1) is 0 Å². The topological polar surface area (TPSA) is 51.5 Å². The molecule has 4 nitrogen and oxygen atoms in total. The van der Waals surface area contributed by atoms with E-state index in [0.29, 0.717) is 5.71 Å². The number of oxime groups is 1. The third kappa shape index (κ3) is 4.15. The molecule has 0 aliphatic carbocycles. The molecule has 1 heterocycles. The third-order valence-electron chi connectivity index (χ3n) is 2.23. The first-order valence-electron chi connectivity index (χ1n) is 5.64. The van der Waals surface area contributed by atoms with Crippen LogP contribution in [0.1, 0.15) is 17.5 Å². The highest BCUT2D eigenvalue weighted by Crippen LogP contribution is 2.06. The Morgan fingerprint density at radius 1 is 1.37 bits per heavy atom. The van der Waals surface area contributed by atoms with Crippen molar-refractivity contribution in [3.8, 4) is 0 Å². The Labute approximate surface area is 115 Å². The lowest BCUT2D eigenvalue weighted by Gasteiger charge is -1.95. The monoisotopic (exact) mass is 272 g/mol. The predicted octanol–water partition coefficient (Wildman–Crippen LogP) is 3.12. The molecule has 2 rings (SSSR count). The van der Waals surface area contributed by atoms with Crippen molar-refractivity contribution < 1.29 is 9.63 Å². The molecule has 0 amide bonds. The number of aromatic nitrogens is 1. The maximum absolute atomic E-state index is 11.5. The van der Waals surface area contributed by atoms with Gasteiger partial charge in [-0.1, -0.05) is 35.5 Å². The number of carbonyl (C=O) groups is 1. The smallest absolute Gasteiger partial charge is 0.313 e. The van der Waals surface area contributed by atoms with Crippen molar-refractivity contribution >= 4 is 29.1 Å². The molecule has 19 heavy (non-hydrogen) atoms. The van der Waals surface area contributed by atoms with Gasteiger partial charge in [-0.2, -0.15) is 0 Å². The lowest BCUT2D eigenvalue weighted by atomic mass is 10.2. The Bertz CT molecular complexity index is 589. The largest absolute Gasteiger partial charge is 0.358 e. The molecule has 0 spiro atoms. The van der Waals surface area contributed by atoms with Gasteiger partial charge in [-0.05, 0) is 18.6 Å². The Kier molecular flexibility index (Phi) is 4.58. The van der Waals surface area contributed by atoms with Crippen molar-refractivity contribution in [1.82, 2.24) is 4.98 Å². The second-order valence-electron chi connectivity index (χ2n) is 3.67. The van der Waals surface area contributed by atoms with Crippen LogP contribution in [0.3, 0.4) is 0 Å². The van der Waals surface area contributed by atoms with E-state index in [-0.39, 0.29) is 0 Å². The van der Waals surface area contributed by atoms with Crippen LogP contribution in [0.4, 0.5) is 0 Å². The third-order valence-corrected chi connectivity index (χ3v) is 3.11. The van der Waals surface area contributed by atoms with Gasteiger partial charge < -0.3 is 4.84 Å². The van der Waals surface area contributed by atoms with Crippen LogP contribution in [0.2, 0.25) is 0 Å². The minimum atomic E-state index is -0.514. The van der Waals surface area contributed by atoms with Crippen molar-refractivity contribution in [2.75, 3.05) is 0 Å². The second kappa shape index (κ2) is 6.61. The fourth-order valence-electron chi connectivity index (χ4n) is 1.31. The zero-order chi connectivity index (χ0) is 13.5. The summed E-state index contributed by atoms with van der Waals surface area (Å²) in [5, 5.41) is 6.32. The molecule has 0 radical (unpaired) electrons. The van der Waals surface area contributed by atoms with Gasteiger partial charge in [-0.15, -0.1) is 11.3 Å². The van der Waals surface area contributed by atoms with E-state index in [2.05, 4.69) is 10.1 Å². The molecule has 5 heteroatoms. The molecule has 0 aliphatic rings. The van der Waals surface area contributed by atoms with Crippen molar-refractivity contribution in [3.05, 3.63) is 58.6 Å². The van der Waals surface area contributed by atoms with Gasteiger partial charge in [0.2, 0.25) is 0 Å². The van der Waals surface area contributed by atoms with Crippen LogP contribution >= 0.6 is 11.3 Å². The van der Waals surface area contributed by atoms with Gasteiger partial charge in [-0.25, -0.2) is 9.78 Å². The first-order chi connectivity index (χ1) is 9.25. The molecule has 0 fully saturated rings. The Balaban J connectivity index is 1.92. The Morgan fingerprint density at radius 3 is 2.84 bits per heavy atom. The number of hydrogen-bond acceptors (Lipinski definition) is 5. The van der Waals surface area contributed by atoms with E-state index in [9.17, 15) is 4.79 Å². The fraction of sp³-hybridized carbons (Fsp3) is 0.0714. The predicted molar refractivity (Wildman–Crippen MR) is 75.9 cm³/mol. The molecular weight excluding hydrogens is 260 g/mol. The summed E-state index contributed by atoms with van der Waals surface area (Å²) < 4.78 is 0. The van der Waals surface area contributed by atoms with Gasteiger partial charge >= 0.3 is 5.97 Å². The van der Waals surface area contributed by atoms with E-state index in [4.69, 9.17) is 4.84 Å². The van der Waals surface area contributed by atoms with E-state index < -0.39 is 5.97 Å². The lowest BCUT2D eigenvalue weighted by molar-refractivity contribution is -0.137. The van der Waals surface area contributed by atoms with E-state index in [0.717, 1.165) is 10.6 Å². The molecule has 0 saturated carbocycles. The average molecular weight is 272 g/mol. The molecule has 0 bridgehead atoms. The van der Waals surface area contributed by atoms with Gasteiger partial charge in [0.1, 0.15) is 10.7 Å². The lowest BCUT2D eigenvalue weighted by Crippen LogP contribution is -1.99. The maximum Gasteiger partial charge on any atom is 0.358 e. The highest BCUT2D eigenvalue weighted by atomic mass is 32.1. The number of hydrogen-bond donors (Lipinski definition) is 0. The van der Waals surface area contributed by atoms with Crippen LogP contribution in [-0.4, -0.2) is 16.7 Å². The van der Waals surface area contributed by atoms with Gasteiger partial charge in [-0.3, -0.25) is 0 Å². The first kappa shape index (κ1) is 13.2. The van der Waals surface area contributed by atoms with Gasteiger partial charge in [0.15, 0.2) is 0 Å². The van der Waals surface area contributed by atoms with Crippen molar-refractivity contribution in [2.45, 2.75) is 6.92 Å². The number of carbonyl (C=O) groups excluding carboxylic acids is 1. The summed E-state index contributed by atoms with van der Waals surface area (Å²) in [6.45, 7) is 1.74. The SMILES string of the molecule is C/C(=N\OC(=O)/C=C/c1ccccc1)c1nccs1. The van der Waals surface area contributed by atoms with E-state index >= 15 is 0 Å². The maximum atomic E-state index is 11.5. The summed E-state index contributed by atoms with van der Waals surface area (Å²) >= 11 is 1.44. The molecular formula is C14H12N2O2S. The van der Waals surface area contributed by atoms with Crippen molar-refractivity contribution in [2.24, 2.45) is 5.16 Å².